The summed E-state index contributed by atoms with van der Waals surface area (Å²) in [7, 11) is 0. The topological polar surface area (TPSA) is 90.0 Å². The number of fused-ring (bicyclic) bond motifs is 1. The van der Waals surface area contributed by atoms with Gasteiger partial charge in [0, 0.05) is 10.2 Å². The molecule has 0 spiro atoms. The first-order valence-electron chi connectivity index (χ1n) is 7.99. The summed E-state index contributed by atoms with van der Waals surface area (Å²) >= 11 is 4.73. The minimum absolute atomic E-state index is 0.231. The molecule has 27 heavy (non-hydrogen) atoms. The van der Waals surface area contributed by atoms with Gasteiger partial charge in [0.1, 0.15) is 12.2 Å². The Morgan fingerprint density at radius 3 is 2.93 bits per heavy atom. The first kappa shape index (κ1) is 17.6. The average Bonchev–Trinajstić information content (AvgIpc) is 3.27. The molecule has 0 aliphatic rings. The molecule has 0 saturated carbocycles. The Bertz CT molecular complexity index is 1200. The number of hydrogen-bond donors (Lipinski definition) is 1. The molecule has 0 unspecified atom stereocenters. The van der Waals surface area contributed by atoms with Crippen molar-refractivity contribution in [3.8, 4) is 11.5 Å². The van der Waals surface area contributed by atoms with E-state index in [1.54, 1.807) is 24.3 Å². The highest BCUT2D eigenvalue weighted by atomic mass is 79.9. The zero-order chi connectivity index (χ0) is 19.0. The first-order chi connectivity index (χ1) is 13.0. The predicted octanol–water partition coefficient (Wildman–Crippen LogP) is 3.82. The van der Waals surface area contributed by atoms with Crippen LogP contribution >= 0.6 is 27.3 Å². The third-order valence-corrected chi connectivity index (χ3v) is 5.23. The second-order valence-corrected chi connectivity index (χ2v) is 7.88. The highest BCUT2D eigenvalue weighted by Crippen LogP contribution is 2.29. The molecule has 0 fully saturated rings. The number of rotatable bonds is 4. The minimum Gasteiger partial charge on any atom is -0.463 e. The number of benzene rings is 1. The van der Waals surface area contributed by atoms with E-state index in [2.05, 4.69) is 31.3 Å². The molecule has 7 nitrogen and oxygen atoms in total. The van der Waals surface area contributed by atoms with E-state index in [0.717, 1.165) is 14.2 Å². The van der Waals surface area contributed by atoms with Crippen LogP contribution in [0.25, 0.3) is 21.7 Å². The maximum Gasteiger partial charge on any atom is 0.294 e. The van der Waals surface area contributed by atoms with Crippen molar-refractivity contribution in [3.05, 3.63) is 62.5 Å². The van der Waals surface area contributed by atoms with Crippen LogP contribution in [0.4, 0.5) is 5.69 Å². The van der Waals surface area contributed by atoms with Gasteiger partial charge in [0.15, 0.2) is 11.3 Å². The Hall–Kier alpha value is -2.78. The number of thiazole rings is 1. The molecule has 136 valence electrons. The number of halogens is 1. The fourth-order valence-corrected chi connectivity index (χ4v) is 3.95. The number of aromatic nitrogens is 3. The summed E-state index contributed by atoms with van der Waals surface area (Å²) in [5.74, 6) is 0.157. The van der Waals surface area contributed by atoms with E-state index < -0.39 is 5.56 Å². The van der Waals surface area contributed by atoms with Crippen molar-refractivity contribution in [2.75, 3.05) is 5.32 Å². The number of hydrogen-bond acceptors (Lipinski definition) is 6. The fraction of sp³-hybridized carbons (Fsp3) is 0.111. The van der Waals surface area contributed by atoms with Gasteiger partial charge in [-0.15, -0.1) is 11.3 Å². The van der Waals surface area contributed by atoms with Crippen molar-refractivity contribution in [1.82, 2.24) is 14.8 Å². The van der Waals surface area contributed by atoms with Gasteiger partial charge in [-0.2, -0.15) is 5.10 Å². The van der Waals surface area contributed by atoms with Crippen molar-refractivity contribution in [1.29, 1.82) is 0 Å². The standard InChI is InChI=1S/C18H13BrN4O3S/c1-10-20-16-17(27-10)15(13-6-3-7-26-13)22-23(18(16)25)9-14(24)21-12-5-2-4-11(19)8-12/h2-8H,9H2,1H3,(H,21,24). The molecular formula is C18H13BrN4O3S. The highest BCUT2D eigenvalue weighted by molar-refractivity contribution is 9.10. The normalized spacial score (nSPS) is 11.0. The van der Waals surface area contributed by atoms with Gasteiger partial charge in [-0.1, -0.05) is 22.0 Å². The molecule has 0 atom stereocenters. The number of aryl methyl sites for hydroxylation is 1. The van der Waals surface area contributed by atoms with Crippen molar-refractivity contribution < 1.29 is 9.21 Å². The number of carbonyl (C=O) groups is 1. The Labute approximate surface area is 165 Å². The van der Waals surface area contributed by atoms with Crippen LogP contribution in [0.5, 0.6) is 0 Å². The molecule has 0 radical (unpaired) electrons. The summed E-state index contributed by atoms with van der Waals surface area (Å²) in [5.41, 5.74) is 0.998. The van der Waals surface area contributed by atoms with Crippen LogP contribution in [0.3, 0.4) is 0 Å². The number of amides is 1. The highest BCUT2D eigenvalue weighted by Gasteiger charge is 2.19. The summed E-state index contributed by atoms with van der Waals surface area (Å²) in [4.78, 5) is 29.5. The van der Waals surface area contributed by atoms with Crippen LogP contribution in [0.2, 0.25) is 0 Å². The lowest BCUT2D eigenvalue weighted by molar-refractivity contribution is -0.117. The largest absolute Gasteiger partial charge is 0.463 e. The third kappa shape index (κ3) is 3.56. The minimum atomic E-state index is -0.408. The number of carbonyl (C=O) groups excluding carboxylic acids is 1. The third-order valence-electron chi connectivity index (χ3n) is 3.76. The number of nitrogens with one attached hydrogen (secondary N) is 1. The van der Waals surface area contributed by atoms with Gasteiger partial charge < -0.3 is 9.73 Å². The van der Waals surface area contributed by atoms with E-state index in [4.69, 9.17) is 4.42 Å². The van der Waals surface area contributed by atoms with Crippen molar-refractivity contribution in [2.45, 2.75) is 13.5 Å². The molecule has 0 saturated heterocycles. The van der Waals surface area contributed by atoms with Crippen LogP contribution in [0, 0.1) is 6.92 Å². The fourth-order valence-electron chi connectivity index (χ4n) is 2.65. The average molecular weight is 445 g/mol. The van der Waals surface area contributed by atoms with Crippen LogP contribution in [0.1, 0.15) is 5.01 Å². The van der Waals surface area contributed by atoms with E-state index >= 15 is 0 Å². The molecule has 1 amide bonds. The van der Waals surface area contributed by atoms with Crippen LogP contribution in [0.15, 0.2) is 56.3 Å². The molecule has 0 aliphatic carbocycles. The zero-order valence-electron chi connectivity index (χ0n) is 14.1. The summed E-state index contributed by atoms with van der Waals surface area (Å²) in [6.45, 7) is 1.59. The second-order valence-electron chi connectivity index (χ2n) is 5.76. The molecule has 0 bridgehead atoms. The Morgan fingerprint density at radius 1 is 1.33 bits per heavy atom. The lowest BCUT2D eigenvalue weighted by Crippen LogP contribution is -2.30. The SMILES string of the molecule is Cc1nc2c(=O)n(CC(=O)Nc3cccc(Br)c3)nc(-c3ccco3)c2s1. The van der Waals surface area contributed by atoms with Gasteiger partial charge in [-0.3, -0.25) is 9.59 Å². The molecule has 4 aromatic rings. The molecule has 9 heteroatoms. The maximum absolute atomic E-state index is 12.7. The number of nitrogens with zero attached hydrogens (tertiary/aromatic N) is 3. The maximum atomic E-state index is 12.7. The monoisotopic (exact) mass is 444 g/mol. The lowest BCUT2D eigenvalue weighted by Gasteiger charge is -2.08. The van der Waals surface area contributed by atoms with Crippen LogP contribution in [-0.4, -0.2) is 20.7 Å². The molecule has 1 N–H and O–H groups in total. The van der Waals surface area contributed by atoms with Gasteiger partial charge in [0.2, 0.25) is 5.91 Å². The van der Waals surface area contributed by atoms with Crippen molar-refractivity contribution in [3.63, 3.8) is 0 Å². The smallest absolute Gasteiger partial charge is 0.294 e. The predicted molar refractivity (Wildman–Crippen MR) is 107 cm³/mol. The van der Waals surface area contributed by atoms with Crippen LogP contribution in [-0.2, 0) is 11.3 Å². The summed E-state index contributed by atoms with van der Waals surface area (Å²) in [6.07, 6.45) is 1.53. The van der Waals surface area contributed by atoms with E-state index in [1.165, 1.54) is 17.6 Å². The van der Waals surface area contributed by atoms with Gasteiger partial charge in [0.05, 0.1) is 16.0 Å². The Kier molecular flexibility index (Phi) is 4.63. The van der Waals surface area contributed by atoms with Gasteiger partial charge in [-0.05, 0) is 37.3 Å². The van der Waals surface area contributed by atoms with E-state index in [-0.39, 0.29) is 18.0 Å². The summed E-state index contributed by atoms with van der Waals surface area (Å²) in [5, 5.41) is 7.87. The Morgan fingerprint density at radius 2 is 2.19 bits per heavy atom. The lowest BCUT2D eigenvalue weighted by atomic mass is 10.3. The van der Waals surface area contributed by atoms with Gasteiger partial charge in [-0.25, -0.2) is 9.67 Å². The van der Waals surface area contributed by atoms with E-state index in [9.17, 15) is 9.59 Å². The summed E-state index contributed by atoms with van der Waals surface area (Å²) < 4.78 is 8.05. The van der Waals surface area contributed by atoms with Crippen molar-refractivity contribution in [2.24, 2.45) is 0 Å². The molecule has 4 rings (SSSR count). The van der Waals surface area contributed by atoms with Gasteiger partial charge >= 0.3 is 0 Å². The van der Waals surface area contributed by atoms with Gasteiger partial charge in [0.25, 0.3) is 5.56 Å². The van der Waals surface area contributed by atoms with E-state index in [1.807, 2.05) is 19.1 Å². The molecular weight excluding hydrogens is 432 g/mol. The molecule has 1 aromatic carbocycles. The van der Waals surface area contributed by atoms with E-state index in [0.29, 0.717) is 21.8 Å². The zero-order valence-corrected chi connectivity index (χ0v) is 16.5. The number of furan rings is 1. The summed E-state index contributed by atoms with van der Waals surface area (Å²) in [6, 6.07) is 10.7. The van der Waals surface area contributed by atoms with Crippen molar-refractivity contribution >= 4 is 49.1 Å². The molecule has 0 aliphatic heterocycles. The van der Waals surface area contributed by atoms with Crippen LogP contribution < -0.4 is 10.9 Å². The second kappa shape index (κ2) is 7.09. The Balaban J connectivity index is 1.72. The first-order valence-corrected chi connectivity index (χ1v) is 9.60. The molecule has 3 aromatic heterocycles. The quantitative estimate of drug-likeness (QED) is 0.516. The number of anilines is 1. The molecule has 3 heterocycles.